The summed E-state index contributed by atoms with van der Waals surface area (Å²) in [4.78, 5) is 22.3. The first-order chi connectivity index (χ1) is 7.41. The minimum atomic E-state index is -0.341. The van der Waals surface area contributed by atoms with Crippen molar-refractivity contribution in [2.75, 3.05) is 19.6 Å². The lowest BCUT2D eigenvalue weighted by Crippen LogP contribution is -2.38. The van der Waals surface area contributed by atoms with Crippen LogP contribution >= 0.6 is 0 Å². The molecule has 0 unspecified atom stereocenters. The van der Waals surface area contributed by atoms with Crippen LogP contribution in [0.25, 0.3) is 0 Å². The van der Waals surface area contributed by atoms with Gasteiger partial charge in [0.25, 0.3) is 0 Å². The number of carbonyl (C=O) groups excluding carboxylic acids is 2. The molecule has 0 saturated heterocycles. The molecule has 2 N–H and O–H groups in total. The van der Waals surface area contributed by atoms with Gasteiger partial charge in [0.05, 0.1) is 19.2 Å². The van der Waals surface area contributed by atoms with Crippen molar-refractivity contribution in [3.63, 3.8) is 0 Å². The molecule has 5 heteroatoms. The van der Waals surface area contributed by atoms with Gasteiger partial charge >= 0.3 is 5.97 Å². The number of esters is 1. The standard InChI is InChI=1S/C11H22N2O3/c1-8(2)5-13-10(14)6-12-7-11(15)16-9(3)4/h8-9,12H,5-7H2,1-4H3,(H,13,14). The van der Waals surface area contributed by atoms with E-state index in [2.05, 4.69) is 10.6 Å². The van der Waals surface area contributed by atoms with Gasteiger partial charge in [0.2, 0.25) is 5.91 Å². The normalized spacial score (nSPS) is 10.6. The van der Waals surface area contributed by atoms with Crippen molar-refractivity contribution >= 4 is 11.9 Å². The number of carbonyl (C=O) groups is 2. The van der Waals surface area contributed by atoms with Crippen molar-refractivity contribution < 1.29 is 14.3 Å². The molecule has 0 saturated carbocycles. The van der Waals surface area contributed by atoms with Crippen molar-refractivity contribution in [1.82, 2.24) is 10.6 Å². The lowest BCUT2D eigenvalue weighted by atomic mass is 10.2. The summed E-state index contributed by atoms with van der Waals surface area (Å²) in [5.74, 6) is -0.0208. The Morgan fingerprint density at radius 1 is 1.12 bits per heavy atom. The Hall–Kier alpha value is -1.10. The molecule has 0 aromatic heterocycles. The predicted octanol–water partition coefficient (Wildman–Crippen LogP) is 0.300. The van der Waals surface area contributed by atoms with Crippen LogP contribution in [0.4, 0.5) is 0 Å². The van der Waals surface area contributed by atoms with Gasteiger partial charge in [-0.25, -0.2) is 0 Å². The molecular formula is C11H22N2O3. The van der Waals surface area contributed by atoms with Crippen LogP contribution in [0.5, 0.6) is 0 Å². The third kappa shape index (κ3) is 9.45. The predicted molar refractivity (Wildman–Crippen MR) is 61.9 cm³/mol. The first-order valence-corrected chi connectivity index (χ1v) is 5.58. The number of amides is 1. The maximum atomic E-state index is 11.2. The molecular weight excluding hydrogens is 208 g/mol. The number of rotatable bonds is 7. The third-order valence-electron chi connectivity index (χ3n) is 1.63. The molecule has 0 aliphatic carbocycles. The first-order valence-electron chi connectivity index (χ1n) is 5.58. The van der Waals surface area contributed by atoms with Crippen molar-refractivity contribution in [1.29, 1.82) is 0 Å². The van der Waals surface area contributed by atoms with Gasteiger partial charge in [-0.05, 0) is 19.8 Å². The molecule has 0 radical (unpaired) electrons. The summed E-state index contributed by atoms with van der Waals surface area (Å²) in [7, 11) is 0. The molecule has 0 fully saturated rings. The lowest BCUT2D eigenvalue weighted by molar-refractivity contribution is -0.146. The van der Waals surface area contributed by atoms with Gasteiger partial charge in [-0.2, -0.15) is 0 Å². The maximum Gasteiger partial charge on any atom is 0.320 e. The van der Waals surface area contributed by atoms with Crippen LogP contribution in [-0.2, 0) is 14.3 Å². The number of nitrogens with one attached hydrogen (secondary N) is 2. The van der Waals surface area contributed by atoms with E-state index in [1.807, 2.05) is 13.8 Å². The van der Waals surface area contributed by atoms with E-state index in [9.17, 15) is 9.59 Å². The molecule has 0 bridgehead atoms. The fourth-order valence-corrected chi connectivity index (χ4v) is 0.963. The van der Waals surface area contributed by atoms with E-state index in [-0.39, 0.29) is 31.1 Å². The highest BCUT2D eigenvalue weighted by molar-refractivity contribution is 5.79. The minimum absolute atomic E-state index is 0.0628. The Kier molecular flexibility index (Phi) is 7.54. The summed E-state index contributed by atoms with van der Waals surface area (Å²) in [5, 5.41) is 5.47. The molecule has 5 nitrogen and oxygen atoms in total. The van der Waals surface area contributed by atoms with Gasteiger partial charge in [0.15, 0.2) is 0 Å². The van der Waals surface area contributed by atoms with Crippen molar-refractivity contribution in [3.05, 3.63) is 0 Å². The maximum absolute atomic E-state index is 11.2. The molecule has 94 valence electrons. The molecule has 0 atom stereocenters. The smallest absolute Gasteiger partial charge is 0.320 e. The fourth-order valence-electron chi connectivity index (χ4n) is 0.963. The van der Waals surface area contributed by atoms with Crippen LogP contribution < -0.4 is 10.6 Å². The molecule has 0 heterocycles. The largest absolute Gasteiger partial charge is 0.462 e. The van der Waals surface area contributed by atoms with E-state index >= 15 is 0 Å². The van der Waals surface area contributed by atoms with Crippen LogP contribution in [0.1, 0.15) is 27.7 Å². The zero-order valence-corrected chi connectivity index (χ0v) is 10.5. The topological polar surface area (TPSA) is 67.4 Å². The molecule has 0 aliphatic heterocycles. The monoisotopic (exact) mass is 230 g/mol. The SMILES string of the molecule is CC(C)CNC(=O)CNCC(=O)OC(C)C. The van der Waals surface area contributed by atoms with Crippen molar-refractivity contribution in [2.24, 2.45) is 5.92 Å². The molecule has 16 heavy (non-hydrogen) atoms. The van der Waals surface area contributed by atoms with Crippen LogP contribution in [0.2, 0.25) is 0 Å². The van der Waals surface area contributed by atoms with E-state index in [1.54, 1.807) is 13.8 Å². The van der Waals surface area contributed by atoms with E-state index < -0.39 is 0 Å². The summed E-state index contributed by atoms with van der Waals surface area (Å²) >= 11 is 0. The van der Waals surface area contributed by atoms with Crippen LogP contribution in [-0.4, -0.2) is 37.6 Å². The van der Waals surface area contributed by atoms with E-state index in [0.717, 1.165) is 0 Å². The lowest BCUT2D eigenvalue weighted by Gasteiger charge is -2.10. The summed E-state index contributed by atoms with van der Waals surface area (Å²) in [6.45, 7) is 8.46. The van der Waals surface area contributed by atoms with Crippen molar-refractivity contribution in [3.8, 4) is 0 Å². The molecule has 0 aliphatic rings. The zero-order chi connectivity index (χ0) is 12.6. The van der Waals surface area contributed by atoms with E-state index in [4.69, 9.17) is 4.74 Å². The van der Waals surface area contributed by atoms with Crippen LogP contribution in [0.3, 0.4) is 0 Å². The highest BCUT2D eigenvalue weighted by Crippen LogP contribution is 1.88. The van der Waals surface area contributed by atoms with Gasteiger partial charge in [0, 0.05) is 6.54 Å². The average Bonchev–Trinajstić information content (AvgIpc) is 2.13. The third-order valence-corrected chi connectivity index (χ3v) is 1.63. The highest BCUT2D eigenvalue weighted by atomic mass is 16.5. The molecule has 0 aromatic carbocycles. The second-order valence-electron chi connectivity index (χ2n) is 4.34. The fraction of sp³-hybridized carbons (Fsp3) is 0.818. The number of ether oxygens (including phenoxy) is 1. The summed E-state index contributed by atoms with van der Waals surface area (Å²) in [6.07, 6.45) is -0.121. The Labute approximate surface area is 96.9 Å². The summed E-state index contributed by atoms with van der Waals surface area (Å²) in [5.41, 5.74) is 0. The molecule has 0 aromatic rings. The van der Waals surface area contributed by atoms with Crippen molar-refractivity contribution in [2.45, 2.75) is 33.8 Å². The van der Waals surface area contributed by atoms with Gasteiger partial charge in [-0.3, -0.25) is 14.9 Å². The Morgan fingerprint density at radius 3 is 2.25 bits per heavy atom. The van der Waals surface area contributed by atoms with E-state index in [1.165, 1.54) is 0 Å². The molecule has 1 amide bonds. The number of hydrogen-bond donors (Lipinski definition) is 2. The van der Waals surface area contributed by atoms with Crippen LogP contribution in [0.15, 0.2) is 0 Å². The molecule has 0 spiro atoms. The van der Waals surface area contributed by atoms with Gasteiger partial charge in [-0.15, -0.1) is 0 Å². The zero-order valence-electron chi connectivity index (χ0n) is 10.5. The number of hydrogen-bond acceptors (Lipinski definition) is 4. The Bertz CT molecular complexity index is 227. The van der Waals surface area contributed by atoms with E-state index in [0.29, 0.717) is 12.5 Å². The highest BCUT2D eigenvalue weighted by Gasteiger charge is 2.06. The van der Waals surface area contributed by atoms with Gasteiger partial charge < -0.3 is 10.1 Å². The summed E-state index contributed by atoms with van der Waals surface area (Å²) in [6, 6.07) is 0. The minimum Gasteiger partial charge on any atom is -0.462 e. The second kappa shape index (κ2) is 8.10. The second-order valence-corrected chi connectivity index (χ2v) is 4.34. The Morgan fingerprint density at radius 2 is 1.75 bits per heavy atom. The summed E-state index contributed by atoms with van der Waals surface area (Å²) < 4.78 is 4.90. The van der Waals surface area contributed by atoms with Crippen LogP contribution in [0, 0.1) is 5.92 Å². The first kappa shape index (κ1) is 14.9. The quantitative estimate of drug-likeness (QED) is 0.617. The Balaban J connectivity index is 3.50. The van der Waals surface area contributed by atoms with Gasteiger partial charge in [0.1, 0.15) is 0 Å². The van der Waals surface area contributed by atoms with Gasteiger partial charge in [-0.1, -0.05) is 13.8 Å². The molecule has 0 rings (SSSR count). The average molecular weight is 230 g/mol.